The molecular weight excluding hydrogens is 793 g/mol. The highest BCUT2D eigenvalue weighted by Crippen LogP contribution is 2.16. The SMILES string of the molecule is CC/C=C\C/C=C\CCCCCCCC(=O)OCC(COC(=O)CCCCCCCCCCCCCCCCCCCC)OC(=O)CCCCC/C=C\C=C/CCCCCCCCC. The van der Waals surface area contributed by atoms with Crippen molar-refractivity contribution < 1.29 is 28.6 Å². The van der Waals surface area contributed by atoms with E-state index in [-0.39, 0.29) is 31.1 Å². The fourth-order valence-electron chi connectivity index (χ4n) is 7.94. The van der Waals surface area contributed by atoms with Crippen LogP contribution in [0.25, 0.3) is 0 Å². The Bertz CT molecular complexity index is 1120. The van der Waals surface area contributed by atoms with Crippen molar-refractivity contribution in [2.45, 2.75) is 290 Å². The van der Waals surface area contributed by atoms with E-state index in [1.165, 1.54) is 141 Å². The second-order valence-electron chi connectivity index (χ2n) is 18.5. The van der Waals surface area contributed by atoms with Crippen molar-refractivity contribution in [3.05, 3.63) is 48.6 Å². The lowest BCUT2D eigenvalue weighted by Gasteiger charge is -2.18. The minimum absolute atomic E-state index is 0.0858. The van der Waals surface area contributed by atoms with Gasteiger partial charge < -0.3 is 14.2 Å². The maximum Gasteiger partial charge on any atom is 0.306 e. The maximum absolute atomic E-state index is 12.8. The molecule has 0 aliphatic rings. The molecule has 0 heterocycles. The molecule has 0 aromatic rings. The van der Waals surface area contributed by atoms with Crippen LogP contribution >= 0.6 is 0 Å². The number of carbonyl (C=O) groups excluding carboxylic acids is 3. The van der Waals surface area contributed by atoms with Crippen LogP contribution in [0, 0.1) is 0 Å². The molecule has 0 saturated heterocycles. The highest BCUT2D eigenvalue weighted by atomic mass is 16.6. The minimum atomic E-state index is -0.790. The average molecular weight is 897 g/mol. The Morgan fingerprint density at radius 2 is 0.656 bits per heavy atom. The molecule has 6 heteroatoms. The van der Waals surface area contributed by atoms with Gasteiger partial charge in [0.2, 0.25) is 0 Å². The van der Waals surface area contributed by atoms with Crippen molar-refractivity contribution in [2.24, 2.45) is 0 Å². The first-order valence-corrected chi connectivity index (χ1v) is 27.7. The summed E-state index contributed by atoms with van der Waals surface area (Å²) in [6.45, 7) is 6.52. The third-order valence-corrected chi connectivity index (χ3v) is 12.1. The molecule has 0 aliphatic carbocycles. The molecular formula is C58H104O6. The van der Waals surface area contributed by atoms with Crippen molar-refractivity contribution in [3.8, 4) is 0 Å². The molecule has 0 saturated carbocycles. The van der Waals surface area contributed by atoms with Gasteiger partial charge in [-0.2, -0.15) is 0 Å². The molecule has 0 spiro atoms. The first-order chi connectivity index (χ1) is 31.5. The summed E-state index contributed by atoms with van der Waals surface area (Å²) in [5.41, 5.74) is 0. The molecule has 0 aromatic carbocycles. The summed E-state index contributed by atoms with van der Waals surface area (Å²) in [5, 5.41) is 0. The highest BCUT2D eigenvalue weighted by Gasteiger charge is 2.19. The lowest BCUT2D eigenvalue weighted by Crippen LogP contribution is -2.30. The molecule has 0 radical (unpaired) electrons. The van der Waals surface area contributed by atoms with Gasteiger partial charge in [-0.25, -0.2) is 0 Å². The summed E-state index contributed by atoms with van der Waals surface area (Å²) in [5.74, 6) is -0.917. The van der Waals surface area contributed by atoms with Crippen molar-refractivity contribution in [1.82, 2.24) is 0 Å². The summed E-state index contributed by atoms with van der Waals surface area (Å²) in [7, 11) is 0. The lowest BCUT2D eigenvalue weighted by atomic mass is 10.0. The number of carbonyl (C=O) groups is 3. The van der Waals surface area contributed by atoms with Crippen LogP contribution in [-0.4, -0.2) is 37.2 Å². The van der Waals surface area contributed by atoms with Crippen LogP contribution in [0.1, 0.15) is 284 Å². The van der Waals surface area contributed by atoms with Crippen molar-refractivity contribution in [3.63, 3.8) is 0 Å². The number of ether oxygens (including phenoxy) is 3. The van der Waals surface area contributed by atoms with Crippen LogP contribution < -0.4 is 0 Å². The molecule has 0 N–H and O–H groups in total. The molecule has 0 fully saturated rings. The molecule has 64 heavy (non-hydrogen) atoms. The van der Waals surface area contributed by atoms with E-state index in [2.05, 4.69) is 69.4 Å². The largest absolute Gasteiger partial charge is 0.462 e. The van der Waals surface area contributed by atoms with Crippen LogP contribution in [-0.2, 0) is 28.6 Å². The number of hydrogen-bond acceptors (Lipinski definition) is 6. The monoisotopic (exact) mass is 897 g/mol. The first kappa shape index (κ1) is 61.4. The summed E-state index contributed by atoms with van der Waals surface area (Å²) < 4.78 is 16.8. The zero-order valence-electron chi connectivity index (χ0n) is 42.6. The van der Waals surface area contributed by atoms with Crippen LogP contribution in [0.4, 0.5) is 0 Å². The van der Waals surface area contributed by atoms with Gasteiger partial charge in [-0.15, -0.1) is 0 Å². The predicted octanol–water partition coefficient (Wildman–Crippen LogP) is 18.3. The Hall–Kier alpha value is -2.63. The van der Waals surface area contributed by atoms with Gasteiger partial charge in [0.15, 0.2) is 6.10 Å². The number of esters is 3. The number of rotatable bonds is 50. The Labute approximate surface area is 397 Å². The van der Waals surface area contributed by atoms with Crippen LogP contribution in [0.5, 0.6) is 0 Å². The van der Waals surface area contributed by atoms with Gasteiger partial charge in [0.25, 0.3) is 0 Å². The van der Waals surface area contributed by atoms with E-state index in [0.29, 0.717) is 19.3 Å². The van der Waals surface area contributed by atoms with Gasteiger partial charge in [0, 0.05) is 19.3 Å². The van der Waals surface area contributed by atoms with Crippen LogP contribution in [0.15, 0.2) is 48.6 Å². The van der Waals surface area contributed by atoms with Crippen LogP contribution in [0.3, 0.4) is 0 Å². The van der Waals surface area contributed by atoms with E-state index < -0.39 is 6.10 Å². The van der Waals surface area contributed by atoms with Crippen molar-refractivity contribution >= 4 is 17.9 Å². The van der Waals surface area contributed by atoms with E-state index in [4.69, 9.17) is 14.2 Å². The fourth-order valence-corrected chi connectivity index (χ4v) is 7.94. The standard InChI is InChI=1S/C58H104O6/c1-4-7-10-13-16-19-22-25-27-29-30-32-33-36-39-42-45-48-51-57(60)63-54-55(53-62-56(59)50-47-44-41-38-35-24-21-18-15-12-9-6-3)64-58(61)52-49-46-43-40-37-34-31-28-26-23-20-17-14-11-8-5-2/h9,12,18,21,28,31,34,37,55H,4-8,10-11,13-17,19-20,22-27,29-30,32-33,35-36,38-54H2,1-3H3/b12-9-,21-18-,31-28-,37-34-. The Balaban J connectivity index is 4.37. The van der Waals surface area contributed by atoms with E-state index in [9.17, 15) is 14.4 Å². The van der Waals surface area contributed by atoms with Crippen molar-refractivity contribution in [2.75, 3.05) is 13.2 Å². The topological polar surface area (TPSA) is 78.9 Å². The van der Waals surface area contributed by atoms with E-state index in [1.807, 2.05) is 0 Å². The van der Waals surface area contributed by atoms with E-state index >= 15 is 0 Å². The normalized spacial score (nSPS) is 12.4. The smallest absolute Gasteiger partial charge is 0.306 e. The third kappa shape index (κ3) is 50.4. The molecule has 1 unspecified atom stereocenters. The quantitative estimate of drug-likeness (QED) is 0.0199. The Kier molecular flexibility index (Phi) is 50.8. The second kappa shape index (κ2) is 53.0. The Morgan fingerprint density at radius 1 is 0.344 bits per heavy atom. The molecule has 6 nitrogen and oxygen atoms in total. The zero-order valence-corrected chi connectivity index (χ0v) is 42.6. The number of allylic oxidation sites excluding steroid dienone is 8. The number of hydrogen-bond donors (Lipinski definition) is 0. The number of unbranched alkanes of at least 4 members (excludes halogenated alkanes) is 32. The predicted molar refractivity (Wildman–Crippen MR) is 275 cm³/mol. The van der Waals surface area contributed by atoms with Crippen LogP contribution in [0.2, 0.25) is 0 Å². The van der Waals surface area contributed by atoms with Gasteiger partial charge >= 0.3 is 17.9 Å². The summed E-state index contributed by atoms with van der Waals surface area (Å²) in [4.78, 5) is 38.0. The summed E-state index contributed by atoms with van der Waals surface area (Å²) in [6, 6.07) is 0. The first-order valence-electron chi connectivity index (χ1n) is 27.7. The Morgan fingerprint density at radius 3 is 1.05 bits per heavy atom. The van der Waals surface area contributed by atoms with E-state index in [1.54, 1.807) is 0 Å². The molecule has 1 atom stereocenters. The molecule has 0 rings (SSSR count). The lowest BCUT2D eigenvalue weighted by molar-refractivity contribution is -0.167. The summed E-state index contributed by atoms with van der Waals surface area (Å²) in [6.07, 6.45) is 63.9. The molecule has 372 valence electrons. The van der Waals surface area contributed by atoms with E-state index in [0.717, 1.165) is 103 Å². The third-order valence-electron chi connectivity index (χ3n) is 12.1. The highest BCUT2D eigenvalue weighted by molar-refractivity contribution is 5.71. The van der Waals surface area contributed by atoms with Crippen molar-refractivity contribution in [1.29, 1.82) is 0 Å². The fraction of sp³-hybridized carbons (Fsp3) is 0.810. The van der Waals surface area contributed by atoms with Gasteiger partial charge in [0.1, 0.15) is 13.2 Å². The molecule has 0 amide bonds. The van der Waals surface area contributed by atoms with Gasteiger partial charge in [-0.3, -0.25) is 14.4 Å². The maximum atomic E-state index is 12.8. The van der Waals surface area contributed by atoms with Gasteiger partial charge in [0.05, 0.1) is 0 Å². The molecule has 0 bridgehead atoms. The zero-order chi connectivity index (χ0) is 46.5. The molecule has 0 aromatic heterocycles. The minimum Gasteiger partial charge on any atom is -0.462 e. The van der Waals surface area contributed by atoms with Gasteiger partial charge in [-0.05, 0) is 70.6 Å². The molecule has 0 aliphatic heterocycles. The second-order valence-corrected chi connectivity index (χ2v) is 18.5. The summed E-state index contributed by atoms with van der Waals surface area (Å²) >= 11 is 0. The van der Waals surface area contributed by atoms with Gasteiger partial charge in [-0.1, -0.05) is 243 Å². The average Bonchev–Trinajstić information content (AvgIpc) is 3.29.